The van der Waals surface area contributed by atoms with Crippen LogP contribution in [0.4, 0.5) is 0 Å². The van der Waals surface area contributed by atoms with Crippen molar-refractivity contribution in [3.05, 3.63) is 27.9 Å². The Morgan fingerprint density at radius 1 is 1.30 bits per heavy atom. The first-order valence-corrected chi connectivity index (χ1v) is 13.3. The number of amides is 1. The summed E-state index contributed by atoms with van der Waals surface area (Å²) in [5.41, 5.74) is -3.74. The molecular weight excluding hydrogens is 537 g/mol. The molecule has 4 N–H and O–H groups in total. The summed E-state index contributed by atoms with van der Waals surface area (Å²) in [6, 6.07) is -0.255. The van der Waals surface area contributed by atoms with Crippen LogP contribution in [0.2, 0.25) is 0 Å². The highest BCUT2D eigenvalue weighted by Gasteiger charge is 2.40. The van der Waals surface area contributed by atoms with Crippen LogP contribution in [0.25, 0.3) is 0 Å². The maximum Gasteiger partial charge on any atom is 0.336 e. The molecule has 1 amide bonds. The van der Waals surface area contributed by atoms with Crippen molar-refractivity contribution in [1.29, 1.82) is 0 Å². The normalized spacial score (nSPS) is 19.3. The Balaban J connectivity index is 1.81. The Labute approximate surface area is 240 Å². The second-order valence-corrected chi connectivity index (χ2v) is 11.5. The molecule has 0 aromatic carbocycles. The number of likely N-dealkylation sites (N-methyl/N-ethyl adjacent to an activating group) is 1. The number of amidine groups is 1. The van der Waals surface area contributed by atoms with Crippen molar-refractivity contribution in [2.24, 2.45) is 10.4 Å². The maximum absolute atomic E-state index is 13.0. The molecule has 0 aliphatic carbocycles. The summed E-state index contributed by atoms with van der Waals surface area (Å²) in [7, 11) is 18.0. The van der Waals surface area contributed by atoms with E-state index in [1.807, 2.05) is 9.80 Å². The van der Waals surface area contributed by atoms with Crippen molar-refractivity contribution in [2.75, 3.05) is 52.9 Å². The molecule has 3 rings (SSSR count). The lowest BCUT2D eigenvalue weighted by molar-refractivity contribution is -0.182. The van der Waals surface area contributed by atoms with E-state index >= 15 is 0 Å². The van der Waals surface area contributed by atoms with Crippen LogP contribution in [-0.4, -0.2) is 153 Å². The minimum atomic E-state index is -3.21. The molecule has 2 aliphatic rings. The molecule has 13 nitrogen and oxygen atoms in total. The van der Waals surface area contributed by atoms with E-state index in [-0.39, 0.29) is 31.2 Å². The molecule has 1 atom stereocenters. The number of hydrogen-bond acceptors (Lipinski definition) is 12. The molecule has 0 spiro atoms. The van der Waals surface area contributed by atoms with Crippen molar-refractivity contribution in [1.82, 2.24) is 25.0 Å². The van der Waals surface area contributed by atoms with Gasteiger partial charge in [0.25, 0.3) is 0 Å². The number of piperazine rings is 1. The van der Waals surface area contributed by atoms with E-state index in [0.29, 0.717) is 42.7 Å². The number of thiazole rings is 1. The molecule has 0 unspecified atom stereocenters. The quantitative estimate of drug-likeness (QED) is 0.0895. The van der Waals surface area contributed by atoms with Crippen LogP contribution in [0, 0.1) is 5.41 Å². The van der Waals surface area contributed by atoms with Crippen molar-refractivity contribution in [3.8, 4) is 0 Å². The van der Waals surface area contributed by atoms with Crippen molar-refractivity contribution in [2.45, 2.75) is 31.0 Å². The van der Waals surface area contributed by atoms with Gasteiger partial charge in [-0.05, 0) is 20.9 Å². The number of esters is 1. The Morgan fingerprint density at radius 2 is 2.00 bits per heavy atom. The molecule has 17 heteroatoms. The van der Waals surface area contributed by atoms with E-state index in [2.05, 4.69) is 15.3 Å². The van der Waals surface area contributed by atoms with Gasteiger partial charge in [0.05, 0.1) is 29.0 Å². The first-order chi connectivity index (χ1) is 18.5. The van der Waals surface area contributed by atoms with E-state index in [9.17, 15) is 29.7 Å². The molecule has 0 saturated carbocycles. The minimum absolute atomic E-state index is 0.0412. The molecule has 1 fully saturated rings. The number of aromatic nitrogens is 1. The fourth-order valence-electron chi connectivity index (χ4n) is 4.35. The first kappa shape index (κ1) is 31.8. The summed E-state index contributed by atoms with van der Waals surface area (Å²) in [5.74, 6) is -1.53. The van der Waals surface area contributed by atoms with Gasteiger partial charge >= 0.3 is 11.9 Å². The topological polar surface area (TPSA) is 168 Å². The molecule has 1 saturated heterocycles. The second-order valence-electron chi connectivity index (χ2n) is 10.6. The third-order valence-electron chi connectivity index (χ3n) is 6.64. The lowest BCUT2D eigenvalue weighted by Gasteiger charge is -2.42. The lowest BCUT2D eigenvalue weighted by Crippen LogP contribution is -2.59. The third-order valence-corrected chi connectivity index (χ3v) is 7.42. The van der Waals surface area contributed by atoms with Crippen LogP contribution < -0.4 is 5.32 Å². The Kier molecular flexibility index (Phi) is 9.88. The highest BCUT2D eigenvalue weighted by atomic mass is 32.1. The molecule has 6 radical (unpaired) electrons. The number of aliphatic carboxylic acids is 1. The van der Waals surface area contributed by atoms with Gasteiger partial charge in [-0.15, -0.1) is 11.3 Å². The number of ether oxygens (including phenoxy) is 1. The summed E-state index contributed by atoms with van der Waals surface area (Å²) >= 11 is 1.35. The monoisotopic (exact) mass is 568 g/mol. The summed E-state index contributed by atoms with van der Waals surface area (Å²) in [4.78, 5) is 50.6. The number of aliphatic imine (C=N–C) groups is 1. The summed E-state index contributed by atoms with van der Waals surface area (Å²) in [6.45, 7) is 5.36. The van der Waals surface area contributed by atoms with Crippen LogP contribution in [0.15, 0.2) is 27.8 Å². The Bertz CT molecular complexity index is 1160. The average molecular weight is 568 g/mol. The van der Waals surface area contributed by atoms with E-state index in [1.54, 1.807) is 37.4 Å². The number of aliphatic hydroxyl groups is 2. The zero-order chi connectivity index (χ0) is 29.9. The van der Waals surface area contributed by atoms with Gasteiger partial charge in [0, 0.05) is 56.5 Å². The molecule has 210 valence electrons. The number of carboxylic acids is 1. The van der Waals surface area contributed by atoms with Crippen LogP contribution in [-0.2, 0) is 19.1 Å². The number of carboxylic acid groups (broad SMARTS) is 1. The average Bonchev–Trinajstić information content (AvgIpc) is 3.38. The summed E-state index contributed by atoms with van der Waals surface area (Å²) in [6.07, 6.45) is 2.39. The van der Waals surface area contributed by atoms with Crippen molar-refractivity contribution in [3.63, 3.8) is 0 Å². The fraction of sp³-hybridized carbons (Fsp3) is 0.609. The van der Waals surface area contributed by atoms with E-state index in [1.165, 1.54) is 11.3 Å². The maximum atomic E-state index is 13.0. The van der Waals surface area contributed by atoms with Gasteiger partial charge in [-0.25, -0.2) is 9.78 Å². The van der Waals surface area contributed by atoms with Crippen molar-refractivity contribution < 1.29 is 34.4 Å². The highest BCUT2D eigenvalue weighted by molar-refractivity contribution is 7.11. The molecule has 3 heterocycles. The van der Waals surface area contributed by atoms with Gasteiger partial charge in [-0.2, -0.15) is 0 Å². The largest absolute Gasteiger partial charge is 0.481 e. The number of carbonyl (C=O) groups is 3. The Hall–Kier alpha value is -2.72. The van der Waals surface area contributed by atoms with E-state index in [4.69, 9.17) is 28.3 Å². The van der Waals surface area contributed by atoms with Crippen LogP contribution in [0.5, 0.6) is 0 Å². The van der Waals surface area contributed by atoms with Gasteiger partial charge in [0.1, 0.15) is 21.4 Å². The predicted octanol–water partition coefficient (Wildman–Crippen LogP) is -2.73. The van der Waals surface area contributed by atoms with Crippen molar-refractivity contribution >= 4 is 59.1 Å². The number of hydrogen-bond donors (Lipinski definition) is 4. The number of nitrogens with one attached hydrogen (secondary N) is 1. The molecular formula is C23H31B3N6O7S. The van der Waals surface area contributed by atoms with Gasteiger partial charge in [0.15, 0.2) is 18.7 Å². The standard InChI is InChI=1S/C23H31B3N6O7S/c1-21(2,20(35)36)12-30(3)9-14-10-31(5-6-32(14)13-33)11-16-15(19(34)39-22(24,25)23(26,37)38)8-28-17(29-16)18-27-4-7-40-18/h4,7,13-14,37-38H,5-6,8-12H2,1-3H3,(H,28,29)(H,35,36)/t14-/m1/s1. The number of nitrogens with zero attached hydrogens (tertiary/aromatic N) is 5. The van der Waals surface area contributed by atoms with Gasteiger partial charge in [-0.3, -0.25) is 19.5 Å². The molecule has 1 aromatic rings. The highest BCUT2D eigenvalue weighted by Crippen LogP contribution is 2.22. The number of carbonyl (C=O) groups excluding carboxylic acids is 2. The molecule has 0 bridgehead atoms. The van der Waals surface area contributed by atoms with Crippen LogP contribution >= 0.6 is 11.3 Å². The van der Waals surface area contributed by atoms with Gasteiger partial charge < -0.3 is 35.2 Å². The first-order valence-electron chi connectivity index (χ1n) is 12.4. The SMILES string of the molecule is [B]C(O)(O)C([B])([B])OC(=O)C1=C(CN2CCN(C=O)[C@H](CN(C)CC(C)(C)C(=O)O)C2)NC(c2nccs2)=NC1. The zero-order valence-corrected chi connectivity index (χ0v) is 23.4. The zero-order valence-electron chi connectivity index (χ0n) is 22.6. The lowest BCUT2D eigenvalue weighted by atomic mass is 9.54. The van der Waals surface area contributed by atoms with Crippen LogP contribution in [0.3, 0.4) is 0 Å². The summed E-state index contributed by atoms with van der Waals surface area (Å²) < 4.78 is 4.94. The van der Waals surface area contributed by atoms with E-state index in [0.717, 1.165) is 6.41 Å². The fourth-order valence-corrected chi connectivity index (χ4v) is 4.95. The smallest absolute Gasteiger partial charge is 0.336 e. The van der Waals surface area contributed by atoms with Crippen LogP contribution in [0.1, 0.15) is 18.9 Å². The van der Waals surface area contributed by atoms with Gasteiger partial charge in [0.2, 0.25) is 6.41 Å². The summed E-state index contributed by atoms with van der Waals surface area (Å²) in [5, 5.41) is 31.4. The predicted molar refractivity (Wildman–Crippen MR) is 149 cm³/mol. The number of rotatable bonds is 12. The van der Waals surface area contributed by atoms with Gasteiger partial charge in [-0.1, -0.05) is 0 Å². The minimum Gasteiger partial charge on any atom is -0.481 e. The van der Waals surface area contributed by atoms with E-state index < -0.39 is 28.4 Å². The second kappa shape index (κ2) is 12.4. The Morgan fingerprint density at radius 3 is 2.58 bits per heavy atom. The molecule has 1 aromatic heterocycles. The molecule has 40 heavy (non-hydrogen) atoms. The third kappa shape index (κ3) is 7.72. The molecule has 2 aliphatic heterocycles.